The van der Waals surface area contributed by atoms with Crippen LogP contribution in [0.4, 0.5) is 0 Å². The van der Waals surface area contributed by atoms with E-state index in [2.05, 4.69) is 4.98 Å². The lowest BCUT2D eigenvalue weighted by molar-refractivity contribution is 0.0519. The molecule has 0 saturated carbocycles. The number of benzene rings is 1. The maximum Gasteiger partial charge on any atom is 0.358 e. The number of thioether (sulfide) groups is 1. The normalized spacial score (nSPS) is 12.7. The van der Waals surface area contributed by atoms with Gasteiger partial charge in [0, 0.05) is 15.7 Å². The number of aromatic nitrogens is 2. The fourth-order valence-electron chi connectivity index (χ4n) is 2.04. The summed E-state index contributed by atoms with van der Waals surface area (Å²) >= 11 is 7.64. The number of esters is 1. The van der Waals surface area contributed by atoms with E-state index in [1.807, 2.05) is 22.8 Å². The van der Waals surface area contributed by atoms with Crippen molar-refractivity contribution in [3.8, 4) is 5.69 Å². The van der Waals surface area contributed by atoms with Crippen molar-refractivity contribution in [2.24, 2.45) is 0 Å². The lowest BCUT2D eigenvalue weighted by Crippen LogP contribution is -2.11. The first-order valence-corrected chi connectivity index (χ1v) is 7.23. The maximum atomic E-state index is 11.8. The minimum atomic E-state index is -0.366. The Morgan fingerprint density at radius 2 is 2.42 bits per heavy atom. The van der Waals surface area contributed by atoms with Gasteiger partial charge >= 0.3 is 5.97 Å². The van der Waals surface area contributed by atoms with Crippen LogP contribution in [-0.4, -0.2) is 22.1 Å². The van der Waals surface area contributed by atoms with Gasteiger partial charge in [0.2, 0.25) is 0 Å². The summed E-state index contributed by atoms with van der Waals surface area (Å²) in [5.41, 5.74) is 2.27. The van der Waals surface area contributed by atoms with Crippen LogP contribution in [0.3, 0.4) is 0 Å². The molecular weight excluding hydrogens is 284 g/mol. The number of imidazole rings is 1. The number of rotatable bonds is 2. The van der Waals surface area contributed by atoms with E-state index in [1.54, 1.807) is 25.0 Å². The van der Waals surface area contributed by atoms with Gasteiger partial charge in [0.25, 0.3) is 0 Å². The average molecular weight is 295 g/mol. The van der Waals surface area contributed by atoms with Gasteiger partial charge in [-0.2, -0.15) is 0 Å². The molecule has 1 aliphatic heterocycles. The Morgan fingerprint density at radius 3 is 3.21 bits per heavy atom. The summed E-state index contributed by atoms with van der Waals surface area (Å²) in [6.07, 6.45) is 1.66. The van der Waals surface area contributed by atoms with Crippen LogP contribution in [0.15, 0.2) is 29.4 Å². The number of hydrogen-bond acceptors (Lipinski definition) is 4. The summed E-state index contributed by atoms with van der Waals surface area (Å²) in [5, 5.41) is 0.709. The van der Waals surface area contributed by atoms with Gasteiger partial charge in [0.15, 0.2) is 5.69 Å². The largest absolute Gasteiger partial charge is 0.461 e. The summed E-state index contributed by atoms with van der Waals surface area (Å²) in [7, 11) is 0. The van der Waals surface area contributed by atoms with Gasteiger partial charge in [0.05, 0.1) is 18.0 Å². The van der Waals surface area contributed by atoms with Crippen LogP contribution in [0.2, 0.25) is 5.02 Å². The van der Waals surface area contributed by atoms with Crippen molar-refractivity contribution >= 4 is 29.3 Å². The number of halogens is 1. The van der Waals surface area contributed by atoms with Gasteiger partial charge in [0.1, 0.15) is 6.33 Å². The highest BCUT2D eigenvalue weighted by Gasteiger charge is 2.24. The molecule has 0 fully saturated rings. The number of hydrogen-bond donors (Lipinski definition) is 0. The van der Waals surface area contributed by atoms with Gasteiger partial charge in [-0.25, -0.2) is 9.78 Å². The standard InChI is InChI=1S/C13H11ClN2O2S/c1-2-18-13(17)12-10-6-19-11-5-8(14)3-4-9(11)16(10)7-15-12/h3-5,7H,2,6H2,1H3. The zero-order chi connectivity index (χ0) is 13.4. The second-order valence-corrected chi connectivity index (χ2v) is 5.48. The Balaban J connectivity index is 2.07. The third-order valence-corrected chi connectivity index (χ3v) is 4.17. The van der Waals surface area contributed by atoms with E-state index in [0.29, 0.717) is 23.1 Å². The number of fused-ring (bicyclic) bond motifs is 3. The van der Waals surface area contributed by atoms with Gasteiger partial charge in [-0.05, 0) is 25.1 Å². The molecule has 2 heterocycles. The van der Waals surface area contributed by atoms with Crippen molar-refractivity contribution in [1.82, 2.24) is 9.55 Å². The summed E-state index contributed by atoms with van der Waals surface area (Å²) in [4.78, 5) is 17.1. The molecular formula is C13H11ClN2O2S. The van der Waals surface area contributed by atoms with Crippen molar-refractivity contribution in [1.29, 1.82) is 0 Å². The molecule has 1 aromatic carbocycles. The van der Waals surface area contributed by atoms with Gasteiger partial charge in [-0.3, -0.25) is 0 Å². The number of carbonyl (C=O) groups excluding carboxylic acids is 1. The molecule has 0 saturated heterocycles. The van der Waals surface area contributed by atoms with Crippen LogP contribution in [0.25, 0.3) is 5.69 Å². The highest BCUT2D eigenvalue weighted by molar-refractivity contribution is 7.98. The molecule has 1 aromatic heterocycles. The number of ether oxygens (including phenoxy) is 1. The fourth-order valence-corrected chi connectivity index (χ4v) is 3.37. The molecule has 2 aromatic rings. The molecule has 0 aliphatic carbocycles. The molecule has 3 rings (SSSR count). The van der Waals surface area contributed by atoms with E-state index in [1.165, 1.54) is 0 Å². The number of carbonyl (C=O) groups is 1. The van der Waals surface area contributed by atoms with Crippen molar-refractivity contribution < 1.29 is 9.53 Å². The van der Waals surface area contributed by atoms with E-state index in [0.717, 1.165) is 16.3 Å². The summed E-state index contributed by atoms with van der Waals surface area (Å²) in [6.45, 7) is 2.14. The molecule has 0 unspecified atom stereocenters. The van der Waals surface area contributed by atoms with E-state index < -0.39 is 0 Å². The fraction of sp³-hybridized carbons (Fsp3) is 0.231. The highest BCUT2D eigenvalue weighted by Crippen LogP contribution is 2.37. The van der Waals surface area contributed by atoms with E-state index >= 15 is 0 Å². The molecule has 4 nitrogen and oxygen atoms in total. The van der Waals surface area contributed by atoms with Crippen LogP contribution in [0.1, 0.15) is 23.1 Å². The lowest BCUT2D eigenvalue weighted by atomic mass is 10.2. The predicted octanol–water partition coefficient (Wildman–Crippen LogP) is 3.31. The summed E-state index contributed by atoms with van der Waals surface area (Å²) in [6, 6.07) is 5.69. The van der Waals surface area contributed by atoms with E-state index in [9.17, 15) is 4.79 Å². The zero-order valence-corrected chi connectivity index (χ0v) is 11.8. The zero-order valence-electron chi connectivity index (χ0n) is 10.2. The second kappa shape index (κ2) is 4.90. The van der Waals surface area contributed by atoms with Crippen LogP contribution in [0, 0.1) is 0 Å². The first-order chi connectivity index (χ1) is 9.20. The molecule has 0 atom stereocenters. The van der Waals surface area contributed by atoms with E-state index in [-0.39, 0.29) is 5.97 Å². The molecule has 0 bridgehead atoms. The second-order valence-electron chi connectivity index (χ2n) is 4.03. The average Bonchev–Trinajstić information content (AvgIpc) is 2.82. The molecule has 19 heavy (non-hydrogen) atoms. The maximum absolute atomic E-state index is 11.8. The Hall–Kier alpha value is -1.46. The first kappa shape index (κ1) is 12.6. The topological polar surface area (TPSA) is 44.1 Å². The minimum absolute atomic E-state index is 0.352. The Kier molecular flexibility index (Phi) is 3.24. The third kappa shape index (κ3) is 2.13. The Bertz CT molecular complexity index is 654. The van der Waals surface area contributed by atoms with Crippen molar-refractivity contribution in [3.05, 3.63) is 40.9 Å². The Morgan fingerprint density at radius 1 is 1.58 bits per heavy atom. The van der Waals surface area contributed by atoms with Crippen LogP contribution in [-0.2, 0) is 10.5 Å². The minimum Gasteiger partial charge on any atom is -0.461 e. The van der Waals surface area contributed by atoms with Gasteiger partial charge in [-0.15, -0.1) is 11.8 Å². The smallest absolute Gasteiger partial charge is 0.358 e. The third-order valence-electron chi connectivity index (χ3n) is 2.88. The molecule has 98 valence electrons. The molecule has 6 heteroatoms. The molecule has 1 aliphatic rings. The first-order valence-electron chi connectivity index (χ1n) is 5.86. The van der Waals surface area contributed by atoms with E-state index in [4.69, 9.17) is 16.3 Å². The molecule has 0 N–H and O–H groups in total. The van der Waals surface area contributed by atoms with Crippen LogP contribution < -0.4 is 0 Å². The van der Waals surface area contributed by atoms with Gasteiger partial charge < -0.3 is 9.30 Å². The lowest BCUT2D eigenvalue weighted by Gasteiger charge is -2.18. The van der Waals surface area contributed by atoms with Crippen molar-refractivity contribution in [2.75, 3.05) is 6.61 Å². The summed E-state index contributed by atoms with van der Waals surface area (Å²) < 4.78 is 6.94. The monoisotopic (exact) mass is 294 g/mol. The number of nitrogens with zero attached hydrogens (tertiary/aromatic N) is 2. The SMILES string of the molecule is CCOC(=O)c1ncn2c1CSc1cc(Cl)ccc1-2. The molecule has 0 spiro atoms. The predicted molar refractivity (Wildman–Crippen MR) is 74.1 cm³/mol. The van der Waals surface area contributed by atoms with Gasteiger partial charge in [-0.1, -0.05) is 11.6 Å². The van der Waals surface area contributed by atoms with Crippen LogP contribution in [0.5, 0.6) is 0 Å². The molecule has 0 amide bonds. The van der Waals surface area contributed by atoms with Crippen molar-refractivity contribution in [3.63, 3.8) is 0 Å². The quantitative estimate of drug-likeness (QED) is 0.797. The summed E-state index contributed by atoms with van der Waals surface area (Å²) in [5.74, 6) is 0.316. The highest BCUT2D eigenvalue weighted by atomic mass is 35.5. The van der Waals surface area contributed by atoms with Crippen LogP contribution >= 0.6 is 23.4 Å². The van der Waals surface area contributed by atoms with Crippen molar-refractivity contribution in [2.45, 2.75) is 17.6 Å². The molecule has 0 radical (unpaired) electrons. The Labute approximate surface area is 119 Å².